The highest BCUT2D eigenvalue weighted by Crippen LogP contribution is 2.12. The topological polar surface area (TPSA) is 84.3 Å². The minimum absolute atomic E-state index is 0.0554. The number of aromatic nitrogens is 2. The normalized spacial score (nSPS) is 17.4. The highest BCUT2D eigenvalue weighted by atomic mass is 32.2. The van der Waals surface area contributed by atoms with Crippen LogP contribution in [0.4, 0.5) is 0 Å². The SMILES string of the molecule is CS(=O)(=O)NC1CCN(C(=O)CCn2cccn2)CC1. The molecular weight excluding hydrogens is 280 g/mol. The number of nitrogens with zero attached hydrogens (tertiary/aromatic N) is 3. The molecule has 0 spiro atoms. The molecule has 20 heavy (non-hydrogen) atoms. The number of amides is 1. The maximum atomic E-state index is 12.0. The van der Waals surface area contributed by atoms with E-state index in [2.05, 4.69) is 9.82 Å². The van der Waals surface area contributed by atoms with Crippen LogP contribution in [0.2, 0.25) is 0 Å². The molecular formula is C12H20N4O3S. The smallest absolute Gasteiger partial charge is 0.224 e. The van der Waals surface area contributed by atoms with Crippen molar-refractivity contribution >= 4 is 15.9 Å². The first-order chi connectivity index (χ1) is 9.44. The Morgan fingerprint density at radius 3 is 2.65 bits per heavy atom. The predicted octanol–water partition coefficient (Wildman–Crippen LogP) is -0.187. The maximum Gasteiger partial charge on any atom is 0.224 e. The summed E-state index contributed by atoms with van der Waals surface area (Å²) in [5, 5.41) is 4.05. The Hall–Kier alpha value is -1.41. The molecule has 1 amide bonds. The predicted molar refractivity (Wildman–Crippen MR) is 74.4 cm³/mol. The first kappa shape index (κ1) is 15.0. The van der Waals surface area contributed by atoms with Crippen LogP contribution in [0.5, 0.6) is 0 Å². The lowest BCUT2D eigenvalue weighted by molar-refractivity contribution is -0.132. The molecule has 1 aliphatic rings. The molecule has 1 N–H and O–H groups in total. The van der Waals surface area contributed by atoms with Crippen molar-refractivity contribution in [3.63, 3.8) is 0 Å². The Kier molecular flexibility index (Phi) is 4.77. The summed E-state index contributed by atoms with van der Waals surface area (Å²) in [6.07, 6.45) is 6.43. The number of aryl methyl sites for hydroxylation is 1. The van der Waals surface area contributed by atoms with Crippen LogP contribution < -0.4 is 4.72 Å². The van der Waals surface area contributed by atoms with Gasteiger partial charge in [0, 0.05) is 44.5 Å². The summed E-state index contributed by atoms with van der Waals surface area (Å²) < 4.78 is 26.6. The van der Waals surface area contributed by atoms with E-state index in [1.165, 1.54) is 0 Å². The van der Waals surface area contributed by atoms with Gasteiger partial charge < -0.3 is 4.90 Å². The van der Waals surface area contributed by atoms with Crippen LogP contribution in [-0.4, -0.2) is 54.4 Å². The van der Waals surface area contributed by atoms with E-state index in [1.54, 1.807) is 15.8 Å². The summed E-state index contributed by atoms with van der Waals surface area (Å²) in [6.45, 7) is 1.78. The molecule has 0 saturated carbocycles. The minimum Gasteiger partial charge on any atom is -0.343 e. The third-order valence-corrected chi connectivity index (χ3v) is 4.10. The highest BCUT2D eigenvalue weighted by molar-refractivity contribution is 7.88. The van der Waals surface area contributed by atoms with Gasteiger partial charge in [-0.15, -0.1) is 0 Å². The minimum atomic E-state index is -3.17. The van der Waals surface area contributed by atoms with Gasteiger partial charge in [-0.05, 0) is 18.9 Å². The number of carbonyl (C=O) groups is 1. The Morgan fingerprint density at radius 2 is 2.10 bits per heavy atom. The van der Waals surface area contributed by atoms with Crippen molar-refractivity contribution in [1.82, 2.24) is 19.4 Å². The molecule has 2 heterocycles. The third kappa shape index (κ3) is 4.61. The van der Waals surface area contributed by atoms with Gasteiger partial charge >= 0.3 is 0 Å². The van der Waals surface area contributed by atoms with Gasteiger partial charge in [-0.25, -0.2) is 13.1 Å². The lowest BCUT2D eigenvalue weighted by atomic mass is 10.1. The van der Waals surface area contributed by atoms with E-state index in [0.29, 0.717) is 38.9 Å². The molecule has 7 nitrogen and oxygen atoms in total. The molecule has 8 heteroatoms. The fourth-order valence-corrected chi connectivity index (χ4v) is 3.19. The summed E-state index contributed by atoms with van der Waals surface area (Å²) in [5.41, 5.74) is 0. The van der Waals surface area contributed by atoms with Crippen LogP contribution in [-0.2, 0) is 21.4 Å². The summed E-state index contributed by atoms with van der Waals surface area (Å²) in [7, 11) is -3.17. The van der Waals surface area contributed by atoms with E-state index in [4.69, 9.17) is 0 Å². The number of likely N-dealkylation sites (tertiary alicyclic amines) is 1. The van der Waals surface area contributed by atoms with Gasteiger partial charge in [-0.1, -0.05) is 0 Å². The van der Waals surface area contributed by atoms with Crippen molar-refractivity contribution in [2.24, 2.45) is 0 Å². The molecule has 0 atom stereocenters. The Morgan fingerprint density at radius 1 is 1.40 bits per heavy atom. The average molecular weight is 300 g/mol. The Balaban J connectivity index is 1.74. The summed E-state index contributed by atoms with van der Waals surface area (Å²) >= 11 is 0. The van der Waals surface area contributed by atoms with Crippen molar-refractivity contribution in [3.05, 3.63) is 18.5 Å². The second kappa shape index (κ2) is 6.36. The lowest BCUT2D eigenvalue weighted by Crippen LogP contribution is -2.46. The molecule has 1 aromatic rings. The second-order valence-corrected chi connectivity index (χ2v) is 6.84. The van der Waals surface area contributed by atoms with Gasteiger partial charge in [0.15, 0.2) is 0 Å². The number of piperidine rings is 1. The molecule has 2 rings (SSSR count). The fraction of sp³-hybridized carbons (Fsp3) is 0.667. The summed E-state index contributed by atoms with van der Waals surface area (Å²) in [5.74, 6) is 0.0957. The van der Waals surface area contributed by atoms with Crippen LogP contribution >= 0.6 is 0 Å². The van der Waals surface area contributed by atoms with E-state index < -0.39 is 10.0 Å². The van der Waals surface area contributed by atoms with Gasteiger partial charge in [0.25, 0.3) is 0 Å². The molecule has 0 bridgehead atoms. The molecule has 0 aromatic carbocycles. The van der Waals surface area contributed by atoms with Gasteiger partial charge in [0.2, 0.25) is 15.9 Å². The van der Waals surface area contributed by atoms with E-state index in [0.717, 1.165) is 6.26 Å². The number of hydrogen-bond acceptors (Lipinski definition) is 4. The quantitative estimate of drug-likeness (QED) is 0.817. The van der Waals surface area contributed by atoms with Gasteiger partial charge in [0.05, 0.1) is 6.26 Å². The van der Waals surface area contributed by atoms with Crippen molar-refractivity contribution in [3.8, 4) is 0 Å². The van der Waals surface area contributed by atoms with Gasteiger partial charge in [-0.3, -0.25) is 9.48 Å². The van der Waals surface area contributed by atoms with Crippen LogP contribution in [0.15, 0.2) is 18.5 Å². The number of carbonyl (C=O) groups excluding carboxylic acids is 1. The standard InChI is InChI=1S/C12H20N4O3S/c1-20(18,19)14-11-3-8-15(9-4-11)12(17)5-10-16-7-2-6-13-16/h2,6-7,11,14H,3-5,8-10H2,1H3. The zero-order valence-electron chi connectivity index (χ0n) is 11.5. The van der Waals surface area contributed by atoms with E-state index in [1.807, 2.05) is 12.3 Å². The van der Waals surface area contributed by atoms with Crippen molar-refractivity contribution in [1.29, 1.82) is 0 Å². The molecule has 1 saturated heterocycles. The van der Waals surface area contributed by atoms with Crippen LogP contribution in [0.1, 0.15) is 19.3 Å². The van der Waals surface area contributed by atoms with Crippen LogP contribution in [0.25, 0.3) is 0 Å². The average Bonchev–Trinajstić information content (AvgIpc) is 2.88. The van der Waals surface area contributed by atoms with Crippen LogP contribution in [0, 0.1) is 0 Å². The fourth-order valence-electron chi connectivity index (χ4n) is 2.35. The summed E-state index contributed by atoms with van der Waals surface area (Å²) in [6, 6.07) is 1.77. The van der Waals surface area contributed by atoms with Crippen LogP contribution in [0.3, 0.4) is 0 Å². The van der Waals surface area contributed by atoms with E-state index in [9.17, 15) is 13.2 Å². The molecule has 1 aliphatic heterocycles. The van der Waals surface area contributed by atoms with E-state index in [-0.39, 0.29) is 11.9 Å². The van der Waals surface area contributed by atoms with Crippen molar-refractivity contribution in [2.75, 3.05) is 19.3 Å². The number of sulfonamides is 1. The van der Waals surface area contributed by atoms with Crippen molar-refractivity contribution in [2.45, 2.75) is 31.8 Å². The molecule has 1 aromatic heterocycles. The molecule has 0 aliphatic carbocycles. The second-order valence-electron chi connectivity index (χ2n) is 5.06. The zero-order valence-corrected chi connectivity index (χ0v) is 12.3. The molecule has 0 unspecified atom stereocenters. The largest absolute Gasteiger partial charge is 0.343 e. The number of hydrogen-bond donors (Lipinski definition) is 1. The molecule has 112 valence electrons. The molecule has 1 fully saturated rings. The Bertz CT molecular complexity index is 533. The maximum absolute atomic E-state index is 12.0. The number of rotatable bonds is 5. The number of nitrogens with one attached hydrogen (secondary N) is 1. The van der Waals surface area contributed by atoms with Crippen molar-refractivity contribution < 1.29 is 13.2 Å². The van der Waals surface area contributed by atoms with Gasteiger partial charge in [0.1, 0.15) is 0 Å². The Labute approximate surface area is 119 Å². The zero-order chi connectivity index (χ0) is 14.6. The summed E-state index contributed by atoms with van der Waals surface area (Å²) in [4.78, 5) is 13.8. The lowest BCUT2D eigenvalue weighted by Gasteiger charge is -2.32. The first-order valence-corrected chi connectivity index (χ1v) is 8.56. The third-order valence-electron chi connectivity index (χ3n) is 3.34. The highest BCUT2D eigenvalue weighted by Gasteiger charge is 2.24. The van der Waals surface area contributed by atoms with Gasteiger partial charge in [-0.2, -0.15) is 5.10 Å². The molecule has 0 radical (unpaired) electrons. The monoisotopic (exact) mass is 300 g/mol. The van der Waals surface area contributed by atoms with E-state index >= 15 is 0 Å². The first-order valence-electron chi connectivity index (χ1n) is 6.66.